The number of amides is 1. The van der Waals surface area contributed by atoms with Crippen LogP contribution in [-0.2, 0) is 20.9 Å². The lowest BCUT2D eigenvalue weighted by molar-refractivity contribution is -0.147. The number of halogens is 1. The Morgan fingerprint density at radius 3 is 2.47 bits per heavy atom. The monoisotopic (exact) mass is 483 g/mol. The maximum atomic E-state index is 13.0. The standard InChI is InChI=1S/C25H22FNO6S/c26-18-5-3-17(4-6-18)21(28)8-10-25(30)33-16-24(29)27(15-20-2-1-13-34-20)19-7-9-22-23(14-19)32-12-11-31-22/h1-7,9,13-14H,8,10-12,15-16H2. The number of benzene rings is 2. The Hall–Kier alpha value is -3.72. The fourth-order valence-corrected chi connectivity index (χ4v) is 4.06. The maximum Gasteiger partial charge on any atom is 0.306 e. The first kappa shape index (κ1) is 23.4. The molecule has 4 rings (SSSR count). The van der Waals surface area contributed by atoms with E-state index >= 15 is 0 Å². The van der Waals surface area contributed by atoms with Gasteiger partial charge in [0, 0.05) is 28.6 Å². The van der Waals surface area contributed by atoms with Crippen molar-refractivity contribution >= 4 is 34.7 Å². The topological polar surface area (TPSA) is 82.1 Å². The molecule has 9 heteroatoms. The molecule has 176 valence electrons. The number of ketones is 1. The molecular weight excluding hydrogens is 461 g/mol. The fourth-order valence-electron chi connectivity index (χ4n) is 3.37. The third-order valence-corrected chi connectivity index (χ3v) is 5.97. The Kier molecular flexibility index (Phi) is 7.54. The minimum absolute atomic E-state index is 0.0975. The smallest absolute Gasteiger partial charge is 0.306 e. The van der Waals surface area contributed by atoms with Gasteiger partial charge in [-0.15, -0.1) is 11.3 Å². The molecule has 0 fully saturated rings. The zero-order valence-corrected chi connectivity index (χ0v) is 19.0. The maximum absolute atomic E-state index is 13.0. The summed E-state index contributed by atoms with van der Waals surface area (Å²) in [5.41, 5.74) is 0.899. The summed E-state index contributed by atoms with van der Waals surface area (Å²) >= 11 is 1.51. The average molecular weight is 484 g/mol. The first-order valence-electron chi connectivity index (χ1n) is 10.7. The quantitative estimate of drug-likeness (QED) is 0.332. The number of nitrogens with zero attached hydrogens (tertiary/aromatic N) is 1. The van der Waals surface area contributed by atoms with Crippen LogP contribution < -0.4 is 14.4 Å². The van der Waals surface area contributed by atoms with Crippen LogP contribution in [0.1, 0.15) is 28.1 Å². The van der Waals surface area contributed by atoms with Gasteiger partial charge in [-0.3, -0.25) is 14.4 Å². The molecule has 0 radical (unpaired) electrons. The van der Waals surface area contributed by atoms with Gasteiger partial charge in [0.1, 0.15) is 19.0 Å². The van der Waals surface area contributed by atoms with E-state index in [0.717, 1.165) is 4.88 Å². The van der Waals surface area contributed by atoms with Gasteiger partial charge in [-0.25, -0.2) is 4.39 Å². The van der Waals surface area contributed by atoms with E-state index in [1.807, 2.05) is 17.5 Å². The molecule has 2 aromatic carbocycles. The zero-order chi connectivity index (χ0) is 23.9. The predicted octanol–water partition coefficient (Wildman–Crippen LogP) is 4.40. The highest BCUT2D eigenvalue weighted by atomic mass is 32.1. The zero-order valence-electron chi connectivity index (χ0n) is 18.2. The van der Waals surface area contributed by atoms with E-state index in [1.165, 1.54) is 40.5 Å². The van der Waals surface area contributed by atoms with Gasteiger partial charge >= 0.3 is 5.97 Å². The van der Waals surface area contributed by atoms with Crippen molar-refractivity contribution in [1.29, 1.82) is 0 Å². The van der Waals surface area contributed by atoms with Crippen LogP contribution in [-0.4, -0.2) is 37.5 Å². The second-order valence-electron chi connectivity index (χ2n) is 7.48. The summed E-state index contributed by atoms with van der Waals surface area (Å²) in [6, 6.07) is 14.1. The second kappa shape index (κ2) is 10.9. The molecule has 34 heavy (non-hydrogen) atoms. The Bertz CT molecular complexity index is 1160. The number of esters is 1. The summed E-state index contributed by atoms with van der Waals surface area (Å²) in [6.07, 6.45) is -0.280. The van der Waals surface area contributed by atoms with Crippen LogP contribution in [0.3, 0.4) is 0 Å². The molecule has 0 saturated carbocycles. The molecule has 0 aliphatic carbocycles. The molecule has 1 aliphatic heterocycles. The number of carbonyl (C=O) groups is 3. The van der Waals surface area contributed by atoms with E-state index in [4.69, 9.17) is 14.2 Å². The largest absolute Gasteiger partial charge is 0.486 e. The van der Waals surface area contributed by atoms with Crippen LogP contribution in [0.5, 0.6) is 11.5 Å². The van der Waals surface area contributed by atoms with E-state index in [2.05, 4.69) is 0 Å². The van der Waals surface area contributed by atoms with Crippen LogP contribution in [0.4, 0.5) is 10.1 Å². The molecule has 1 amide bonds. The summed E-state index contributed by atoms with van der Waals surface area (Å²) in [4.78, 5) is 39.8. The molecule has 3 aromatic rings. The minimum atomic E-state index is -0.665. The van der Waals surface area contributed by atoms with Crippen molar-refractivity contribution in [3.63, 3.8) is 0 Å². The number of Topliss-reactive ketones (excluding diaryl/α,β-unsaturated/α-hetero) is 1. The summed E-state index contributed by atoms with van der Waals surface area (Å²) < 4.78 is 29.3. The lowest BCUT2D eigenvalue weighted by Gasteiger charge is -2.25. The van der Waals surface area contributed by atoms with Gasteiger partial charge in [-0.2, -0.15) is 0 Å². The van der Waals surface area contributed by atoms with Crippen LogP contribution in [0.25, 0.3) is 0 Å². The molecule has 0 spiro atoms. The number of ether oxygens (including phenoxy) is 3. The van der Waals surface area contributed by atoms with Crippen molar-refractivity contribution in [2.24, 2.45) is 0 Å². The molecule has 0 atom stereocenters. The average Bonchev–Trinajstić information content (AvgIpc) is 3.38. The van der Waals surface area contributed by atoms with E-state index in [1.54, 1.807) is 18.2 Å². The van der Waals surface area contributed by atoms with Crippen LogP contribution in [0.2, 0.25) is 0 Å². The first-order valence-corrected chi connectivity index (χ1v) is 11.5. The molecule has 0 saturated heterocycles. The summed E-state index contributed by atoms with van der Waals surface area (Å²) in [7, 11) is 0. The predicted molar refractivity (Wildman–Crippen MR) is 124 cm³/mol. The summed E-state index contributed by atoms with van der Waals surface area (Å²) in [5, 5.41) is 1.92. The van der Waals surface area contributed by atoms with Crippen LogP contribution in [0, 0.1) is 5.82 Å². The van der Waals surface area contributed by atoms with Gasteiger partial charge in [0.15, 0.2) is 23.9 Å². The lowest BCUT2D eigenvalue weighted by atomic mass is 10.1. The van der Waals surface area contributed by atoms with Crippen molar-refractivity contribution in [2.75, 3.05) is 24.7 Å². The molecule has 0 unspecified atom stereocenters. The highest BCUT2D eigenvalue weighted by molar-refractivity contribution is 7.09. The van der Waals surface area contributed by atoms with E-state index in [-0.39, 0.29) is 18.6 Å². The molecule has 0 bridgehead atoms. The van der Waals surface area contributed by atoms with Crippen molar-refractivity contribution in [1.82, 2.24) is 0 Å². The SMILES string of the molecule is O=C(CCC(=O)c1ccc(F)cc1)OCC(=O)N(Cc1cccs1)c1ccc2c(c1)OCCO2. The normalized spacial score (nSPS) is 12.1. The number of hydrogen-bond donors (Lipinski definition) is 0. The van der Waals surface area contributed by atoms with Gasteiger partial charge in [0.05, 0.1) is 13.0 Å². The fraction of sp³-hybridized carbons (Fsp3) is 0.240. The van der Waals surface area contributed by atoms with Gasteiger partial charge in [-0.1, -0.05) is 6.07 Å². The molecule has 0 N–H and O–H groups in total. The molecule has 2 heterocycles. The third-order valence-electron chi connectivity index (χ3n) is 5.11. The van der Waals surface area contributed by atoms with E-state index in [0.29, 0.717) is 42.5 Å². The van der Waals surface area contributed by atoms with Crippen LogP contribution >= 0.6 is 11.3 Å². The van der Waals surface area contributed by atoms with Crippen molar-refractivity contribution in [3.05, 3.63) is 76.2 Å². The molecule has 1 aromatic heterocycles. The first-order chi connectivity index (χ1) is 16.5. The van der Waals surface area contributed by atoms with Crippen molar-refractivity contribution in [3.8, 4) is 11.5 Å². The third kappa shape index (κ3) is 5.99. The number of thiophene rings is 1. The van der Waals surface area contributed by atoms with Gasteiger partial charge < -0.3 is 19.1 Å². The molecule has 7 nitrogen and oxygen atoms in total. The van der Waals surface area contributed by atoms with E-state index < -0.39 is 24.3 Å². The van der Waals surface area contributed by atoms with Crippen molar-refractivity contribution < 1.29 is 33.0 Å². The van der Waals surface area contributed by atoms with Crippen LogP contribution in [0.15, 0.2) is 60.0 Å². The second-order valence-corrected chi connectivity index (χ2v) is 8.51. The highest BCUT2D eigenvalue weighted by Gasteiger charge is 2.22. The van der Waals surface area contributed by atoms with E-state index in [9.17, 15) is 18.8 Å². The molecular formula is C25H22FNO6S. The van der Waals surface area contributed by atoms with Crippen molar-refractivity contribution in [2.45, 2.75) is 19.4 Å². The number of carbonyl (C=O) groups excluding carboxylic acids is 3. The van der Waals surface area contributed by atoms with Gasteiger partial charge in [0.25, 0.3) is 5.91 Å². The molecule has 1 aliphatic rings. The minimum Gasteiger partial charge on any atom is -0.486 e. The summed E-state index contributed by atoms with van der Waals surface area (Å²) in [6.45, 7) is 0.716. The number of fused-ring (bicyclic) bond motifs is 1. The highest BCUT2D eigenvalue weighted by Crippen LogP contribution is 2.34. The Balaban J connectivity index is 1.37. The Morgan fingerprint density at radius 2 is 1.74 bits per heavy atom. The summed E-state index contributed by atoms with van der Waals surface area (Å²) in [5.74, 6) is -0.677. The van der Waals surface area contributed by atoms with Gasteiger partial charge in [-0.05, 0) is 47.8 Å². The lowest BCUT2D eigenvalue weighted by Crippen LogP contribution is -2.34. The number of anilines is 1. The van der Waals surface area contributed by atoms with Gasteiger partial charge in [0.2, 0.25) is 0 Å². The Morgan fingerprint density at radius 1 is 0.971 bits per heavy atom. The number of rotatable bonds is 9. The Labute approximate surface area is 199 Å². The number of hydrogen-bond acceptors (Lipinski definition) is 7.